The topological polar surface area (TPSA) is 55.8 Å². The Morgan fingerprint density at radius 3 is 2.24 bits per heavy atom. The van der Waals surface area contributed by atoms with Crippen LogP contribution in [0.5, 0.6) is 11.5 Å². The summed E-state index contributed by atoms with van der Waals surface area (Å²) in [6.07, 6.45) is 0. The van der Waals surface area contributed by atoms with Crippen LogP contribution in [0.3, 0.4) is 0 Å². The van der Waals surface area contributed by atoms with Gasteiger partial charge < -0.3 is 5.11 Å². The maximum absolute atomic E-state index is 10.9. The van der Waals surface area contributed by atoms with Crippen LogP contribution in [0.15, 0.2) is 54.6 Å². The predicted octanol–water partition coefficient (Wildman–Crippen LogP) is 2.76. The van der Waals surface area contributed by atoms with E-state index in [-0.39, 0.29) is 11.3 Å². The van der Waals surface area contributed by atoms with Gasteiger partial charge in [-0.15, -0.1) is 0 Å². The van der Waals surface area contributed by atoms with Gasteiger partial charge in [0.05, 0.1) is 0 Å². The SMILES string of the molecule is O=C(O)c1ccccc1OOc1ccccc1. The molecule has 1 N–H and O–H groups in total. The van der Waals surface area contributed by atoms with Crippen LogP contribution in [0.25, 0.3) is 0 Å². The lowest BCUT2D eigenvalue weighted by molar-refractivity contribution is -0.101. The number of aromatic carboxylic acids is 1. The van der Waals surface area contributed by atoms with Crippen LogP contribution in [0.1, 0.15) is 10.4 Å². The van der Waals surface area contributed by atoms with Crippen molar-refractivity contribution in [1.82, 2.24) is 0 Å². The third kappa shape index (κ3) is 2.75. The number of carboxylic acid groups (broad SMARTS) is 1. The highest BCUT2D eigenvalue weighted by Crippen LogP contribution is 2.19. The number of hydrogen-bond donors (Lipinski definition) is 1. The molecule has 2 aromatic rings. The molecule has 2 aromatic carbocycles. The van der Waals surface area contributed by atoms with E-state index in [1.165, 1.54) is 12.1 Å². The Morgan fingerprint density at radius 2 is 1.53 bits per heavy atom. The molecule has 0 atom stereocenters. The molecular weight excluding hydrogens is 220 g/mol. The van der Waals surface area contributed by atoms with Gasteiger partial charge in [0.2, 0.25) is 0 Å². The third-order valence-electron chi connectivity index (χ3n) is 2.09. The number of hydrogen-bond acceptors (Lipinski definition) is 3. The highest BCUT2D eigenvalue weighted by atomic mass is 17.2. The molecule has 0 aliphatic heterocycles. The second kappa shape index (κ2) is 5.03. The minimum absolute atomic E-state index is 0.0587. The van der Waals surface area contributed by atoms with E-state index in [9.17, 15) is 4.79 Å². The van der Waals surface area contributed by atoms with E-state index in [1.54, 1.807) is 36.4 Å². The Hall–Kier alpha value is -2.49. The summed E-state index contributed by atoms with van der Waals surface area (Å²) < 4.78 is 0. The molecule has 0 radical (unpaired) electrons. The Labute approximate surface area is 98.0 Å². The Bertz CT molecular complexity index is 508. The number of carboxylic acids is 1. The molecule has 0 unspecified atom stereocenters. The van der Waals surface area contributed by atoms with Gasteiger partial charge in [0.15, 0.2) is 11.5 Å². The first kappa shape index (κ1) is 11.0. The molecule has 0 saturated carbocycles. The van der Waals surface area contributed by atoms with Gasteiger partial charge in [-0.3, -0.25) is 9.78 Å². The first-order valence-electron chi connectivity index (χ1n) is 4.99. The van der Waals surface area contributed by atoms with Crippen molar-refractivity contribution in [2.45, 2.75) is 0 Å². The summed E-state index contributed by atoms with van der Waals surface area (Å²) in [6.45, 7) is 0. The van der Waals surface area contributed by atoms with Crippen molar-refractivity contribution in [3.63, 3.8) is 0 Å². The van der Waals surface area contributed by atoms with E-state index >= 15 is 0 Å². The quantitative estimate of drug-likeness (QED) is 0.648. The molecule has 0 spiro atoms. The van der Waals surface area contributed by atoms with Crippen molar-refractivity contribution in [2.75, 3.05) is 0 Å². The minimum Gasteiger partial charge on any atom is -0.478 e. The van der Waals surface area contributed by atoms with Crippen LogP contribution >= 0.6 is 0 Å². The highest BCUT2D eigenvalue weighted by molar-refractivity contribution is 5.90. The summed E-state index contributed by atoms with van der Waals surface area (Å²) in [5.74, 6) is -0.381. The average molecular weight is 230 g/mol. The summed E-state index contributed by atoms with van der Waals surface area (Å²) in [5.41, 5.74) is 0.0587. The maximum Gasteiger partial charge on any atom is 0.339 e. The van der Waals surface area contributed by atoms with Gasteiger partial charge in [-0.25, -0.2) is 4.79 Å². The zero-order chi connectivity index (χ0) is 12.1. The Kier molecular flexibility index (Phi) is 3.25. The van der Waals surface area contributed by atoms with Crippen molar-refractivity contribution in [2.24, 2.45) is 0 Å². The van der Waals surface area contributed by atoms with E-state index in [1.807, 2.05) is 6.07 Å². The lowest BCUT2D eigenvalue weighted by atomic mass is 10.2. The molecule has 0 heterocycles. The largest absolute Gasteiger partial charge is 0.478 e. The standard InChI is InChI=1S/C13H10O4/c14-13(15)11-8-4-5-9-12(11)17-16-10-6-2-1-3-7-10/h1-9H,(H,14,15). The van der Waals surface area contributed by atoms with Gasteiger partial charge in [0.25, 0.3) is 0 Å². The molecule has 0 amide bonds. The van der Waals surface area contributed by atoms with Crippen molar-refractivity contribution >= 4 is 5.97 Å². The van der Waals surface area contributed by atoms with Crippen LogP contribution < -0.4 is 9.78 Å². The van der Waals surface area contributed by atoms with Gasteiger partial charge in [-0.1, -0.05) is 30.3 Å². The van der Waals surface area contributed by atoms with Crippen molar-refractivity contribution < 1.29 is 19.7 Å². The Balaban J connectivity index is 2.12. The summed E-state index contributed by atoms with van der Waals surface area (Å²) in [7, 11) is 0. The lowest BCUT2D eigenvalue weighted by Gasteiger charge is -2.07. The predicted molar refractivity (Wildman–Crippen MR) is 61.1 cm³/mol. The van der Waals surface area contributed by atoms with E-state index in [2.05, 4.69) is 0 Å². The fourth-order valence-electron chi connectivity index (χ4n) is 1.29. The second-order valence-corrected chi connectivity index (χ2v) is 3.28. The summed E-state index contributed by atoms with van der Waals surface area (Å²) in [6, 6.07) is 15.1. The number of para-hydroxylation sites is 2. The summed E-state index contributed by atoms with van der Waals surface area (Å²) >= 11 is 0. The number of rotatable bonds is 4. The molecule has 0 fully saturated rings. The van der Waals surface area contributed by atoms with E-state index in [0.717, 1.165) is 0 Å². The first-order valence-corrected chi connectivity index (χ1v) is 4.99. The van der Waals surface area contributed by atoms with Crippen LogP contribution in [-0.4, -0.2) is 11.1 Å². The summed E-state index contributed by atoms with van der Waals surface area (Å²) in [5, 5.41) is 8.93. The van der Waals surface area contributed by atoms with E-state index in [0.29, 0.717) is 5.75 Å². The molecule has 0 aliphatic rings. The van der Waals surface area contributed by atoms with Crippen LogP contribution in [0, 0.1) is 0 Å². The van der Waals surface area contributed by atoms with Crippen molar-refractivity contribution in [3.05, 3.63) is 60.2 Å². The smallest absolute Gasteiger partial charge is 0.339 e. The van der Waals surface area contributed by atoms with Gasteiger partial charge in [-0.2, -0.15) is 0 Å². The van der Waals surface area contributed by atoms with E-state index in [4.69, 9.17) is 14.9 Å². The van der Waals surface area contributed by atoms with Gasteiger partial charge >= 0.3 is 5.97 Å². The number of benzene rings is 2. The number of carbonyl (C=O) groups is 1. The molecule has 17 heavy (non-hydrogen) atoms. The maximum atomic E-state index is 10.9. The van der Waals surface area contributed by atoms with Gasteiger partial charge in [0.1, 0.15) is 5.56 Å². The lowest BCUT2D eigenvalue weighted by Crippen LogP contribution is -2.06. The highest BCUT2D eigenvalue weighted by Gasteiger charge is 2.11. The normalized spacial score (nSPS) is 9.65. The van der Waals surface area contributed by atoms with Crippen molar-refractivity contribution in [3.8, 4) is 11.5 Å². The van der Waals surface area contributed by atoms with Crippen LogP contribution in [-0.2, 0) is 0 Å². The fraction of sp³-hybridized carbons (Fsp3) is 0. The fourth-order valence-corrected chi connectivity index (χ4v) is 1.29. The molecule has 4 nitrogen and oxygen atoms in total. The molecule has 0 aromatic heterocycles. The zero-order valence-corrected chi connectivity index (χ0v) is 8.87. The molecule has 4 heteroatoms. The molecule has 2 rings (SSSR count). The first-order chi connectivity index (χ1) is 8.27. The van der Waals surface area contributed by atoms with E-state index < -0.39 is 5.97 Å². The van der Waals surface area contributed by atoms with Gasteiger partial charge in [-0.05, 0) is 24.3 Å². The molecular formula is C13H10O4. The monoisotopic (exact) mass is 230 g/mol. The molecule has 86 valence electrons. The third-order valence-corrected chi connectivity index (χ3v) is 2.09. The second-order valence-electron chi connectivity index (χ2n) is 3.28. The molecule has 0 saturated heterocycles. The zero-order valence-electron chi connectivity index (χ0n) is 8.87. The Morgan fingerprint density at radius 1 is 0.882 bits per heavy atom. The van der Waals surface area contributed by atoms with Crippen LogP contribution in [0.4, 0.5) is 0 Å². The van der Waals surface area contributed by atoms with Crippen LogP contribution in [0.2, 0.25) is 0 Å². The summed E-state index contributed by atoms with van der Waals surface area (Å²) in [4.78, 5) is 20.9. The van der Waals surface area contributed by atoms with Gasteiger partial charge in [0, 0.05) is 0 Å². The van der Waals surface area contributed by atoms with Crippen molar-refractivity contribution in [1.29, 1.82) is 0 Å². The molecule has 0 bridgehead atoms. The molecule has 0 aliphatic carbocycles. The average Bonchev–Trinajstić information content (AvgIpc) is 2.38. The minimum atomic E-state index is -1.06.